The van der Waals surface area contributed by atoms with E-state index in [4.69, 9.17) is 15.1 Å². The van der Waals surface area contributed by atoms with Crippen LogP contribution in [0.5, 0.6) is 11.5 Å². The fraction of sp³-hybridized carbons (Fsp3) is 0.0667. The Morgan fingerprint density at radius 3 is 2.68 bits per heavy atom. The highest BCUT2D eigenvalue weighted by Gasteiger charge is 2.09. The molecule has 0 fully saturated rings. The highest BCUT2D eigenvalue weighted by molar-refractivity contribution is 5.88. The number of nitrogens with zero attached hydrogens (tertiary/aromatic N) is 1. The number of aryl methyl sites for hydroxylation is 1. The molecule has 1 N–H and O–H groups in total. The summed E-state index contributed by atoms with van der Waals surface area (Å²) in [5.74, 6) is -0.172. The van der Waals surface area contributed by atoms with Crippen molar-refractivity contribution >= 4 is 5.97 Å². The maximum Gasteiger partial charge on any atom is 0.335 e. The Bertz CT molecular complexity index is 671. The minimum atomic E-state index is -1.02. The Balaban J connectivity index is 2.39. The van der Waals surface area contributed by atoms with Gasteiger partial charge in [-0.3, -0.25) is 0 Å². The zero-order valence-electron chi connectivity index (χ0n) is 10.3. The van der Waals surface area contributed by atoms with Gasteiger partial charge in [-0.1, -0.05) is 18.2 Å². The molecule has 0 saturated heterocycles. The average molecular weight is 253 g/mol. The van der Waals surface area contributed by atoms with E-state index in [1.807, 2.05) is 13.0 Å². The van der Waals surface area contributed by atoms with Crippen molar-refractivity contribution in [2.45, 2.75) is 6.92 Å². The van der Waals surface area contributed by atoms with E-state index in [2.05, 4.69) is 6.07 Å². The molecule has 94 valence electrons. The van der Waals surface area contributed by atoms with E-state index in [9.17, 15) is 4.79 Å². The van der Waals surface area contributed by atoms with Gasteiger partial charge in [0.15, 0.2) is 0 Å². The number of hydrogen-bond acceptors (Lipinski definition) is 3. The zero-order chi connectivity index (χ0) is 13.8. The summed E-state index contributed by atoms with van der Waals surface area (Å²) in [7, 11) is 0. The van der Waals surface area contributed by atoms with Crippen LogP contribution in [0.2, 0.25) is 0 Å². The Hall–Kier alpha value is -2.80. The van der Waals surface area contributed by atoms with Gasteiger partial charge in [0, 0.05) is 0 Å². The van der Waals surface area contributed by atoms with Gasteiger partial charge >= 0.3 is 5.97 Å². The number of carbonyl (C=O) groups is 1. The van der Waals surface area contributed by atoms with Crippen molar-refractivity contribution in [1.29, 1.82) is 5.26 Å². The summed E-state index contributed by atoms with van der Waals surface area (Å²) < 4.78 is 5.64. The molecule has 2 aromatic carbocycles. The minimum Gasteiger partial charge on any atom is -0.478 e. The molecule has 2 aromatic rings. The fourth-order valence-corrected chi connectivity index (χ4v) is 1.69. The number of ether oxygens (including phenoxy) is 1. The molecule has 4 nitrogen and oxygen atoms in total. The summed E-state index contributed by atoms with van der Waals surface area (Å²) in [6.07, 6.45) is 0. The van der Waals surface area contributed by atoms with Crippen LogP contribution in [0, 0.1) is 18.3 Å². The van der Waals surface area contributed by atoms with Crippen molar-refractivity contribution in [2.24, 2.45) is 0 Å². The Morgan fingerprint density at radius 2 is 2.00 bits per heavy atom. The number of benzene rings is 2. The first-order valence-electron chi connectivity index (χ1n) is 5.62. The summed E-state index contributed by atoms with van der Waals surface area (Å²) in [5.41, 5.74) is 1.38. The Morgan fingerprint density at radius 1 is 1.26 bits per heavy atom. The van der Waals surface area contributed by atoms with Gasteiger partial charge < -0.3 is 9.84 Å². The van der Waals surface area contributed by atoms with Crippen LogP contribution in [-0.2, 0) is 0 Å². The molecule has 0 unspecified atom stereocenters. The molecule has 0 spiro atoms. The second-order valence-electron chi connectivity index (χ2n) is 4.00. The van der Waals surface area contributed by atoms with Gasteiger partial charge in [0.1, 0.15) is 17.6 Å². The molecule has 0 heterocycles. The van der Waals surface area contributed by atoms with Gasteiger partial charge in [0.2, 0.25) is 0 Å². The molecule has 0 aliphatic rings. The first kappa shape index (κ1) is 12.7. The lowest BCUT2D eigenvalue weighted by Crippen LogP contribution is -1.97. The first-order chi connectivity index (χ1) is 9.11. The van der Waals surface area contributed by atoms with Gasteiger partial charge in [-0.15, -0.1) is 0 Å². The van der Waals surface area contributed by atoms with E-state index in [0.717, 1.165) is 5.56 Å². The number of para-hydroxylation sites is 1. The molecule has 4 heteroatoms. The number of nitriles is 1. The van der Waals surface area contributed by atoms with Crippen LogP contribution in [0.4, 0.5) is 0 Å². The lowest BCUT2D eigenvalue weighted by molar-refractivity contribution is 0.0696. The van der Waals surface area contributed by atoms with Gasteiger partial charge in [0.25, 0.3) is 0 Å². The van der Waals surface area contributed by atoms with Crippen molar-refractivity contribution in [2.75, 3.05) is 0 Å². The van der Waals surface area contributed by atoms with Crippen molar-refractivity contribution in [3.63, 3.8) is 0 Å². The molecule has 19 heavy (non-hydrogen) atoms. The first-order valence-corrected chi connectivity index (χ1v) is 5.62. The van der Waals surface area contributed by atoms with Crippen LogP contribution in [0.15, 0.2) is 42.5 Å². The standard InChI is InChI=1S/C15H11NO3/c1-10-4-2-6-12(9-16)14(10)19-13-7-3-5-11(8-13)15(17)18/h2-8H,1H3,(H,17,18). The number of carboxylic acid groups (broad SMARTS) is 1. The maximum absolute atomic E-state index is 10.9. The molecule has 0 bridgehead atoms. The second kappa shape index (κ2) is 5.23. The van der Waals surface area contributed by atoms with E-state index in [0.29, 0.717) is 17.1 Å². The maximum atomic E-state index is 10.9. The predicted octanol–water partition coefficient (Wildman–Crippen LogP) is 3.36. The number of carboxylic acids is 1. The Kier molecular flexibility index (Phi) is 3.48. The molecular weight excluding hydrogens is 242 g/mol. The lowest BCUT2D eigenvalue weighted by Gasteiger charge is -2.10. The van der Waals surface area contributed by atoms with Gasteiger partial charge in [-0.25, -0.2) is 4.79 Å². The molecular formula is C15H11NO3. The largest absolute Gasteiger partial charge is 0.478 e. The molecule has 0 aliphatic carbocycles. The van der Waals surface area contributed by atoms with E-state index in [1.165, 1.54) is 12.1 Å². The van der Waals surface area contributed by atoms with Crippen LogP contribution in [0.1, 0.15) is 21.5 Å². The summed E-state index contributed by atoms with van der Waals surface area (Å²) in [4.78, 5) is 10.9. The summed E-state index contributed by atoms with van der Waals surface area (Å²) in [6.45, 7) is 1.83. The fourth-order valence-electron chi connectivity index (χ4n) is 1.69. The van der Waals surface area contributed by atoms with E-state index in [1.54, 1.807) is 24.3 Å². The van der Waals surface area contributed by atoms with Crippen LogP contribution < -0.4 is 4.74 Å². The quantitative estimate of drug-likeness (QED) is 0.910. The van der Waals surface area contributed by atoms with E-state index >= 15 is 0 Å². The Labute approximate surface area is 110 Å². The molecule has 0 aromatic heterocycles. The summed E-state index contributed by atoms with van der Waals surface area (Å²) in [5, 5.41) is 18.0. The SMILES string of the molecule is Cc1cccc(C#N)c1Oc1cccc(C(=O)O)c1. The number of hydrogen-bond donors (Lipinski definition) is 1. The third-order valence-corrected chi connectivity index (χ3v) is 2.63. The molecule has 0 aliphatic heterocycles. The zero-order valence-corrected chi connectivity index (χ0v) is 10.3. The van der Waals surface area contributed by atoms with Crippen molar-refractivity contribution in [1.82, 2.24) is 0 Å². The van der Waals surface area contributed by atoms with Crippen LogP contribution in [0.25, 0.3) is 0 Å². The molecule has 0 radical (unpaired) electrons. The van der Waals surface area contributed by atoms with Crippen molar-refractivity contribution in [3.8, 4) is 17.6 Å². The van der Waals surface area contributed by atoms with Gasteiger partial charge in [-0.2, -0.15) is 5.26 Å². The van der Waals surface area contributed by atoms with Crippen LogP contribution in [-0.4, -0.2) is 11.1 Å². The minimum absolute atomic E-state index is 0.143. The van der Waals surface area contributed by atoms with Crippen LogP contribution in [0.3, 0.4) is 0 Å². The molecule has 0 atom stereocenters. The monoisotopic (exact) mass is 253 g/mol. The highest BCUT2D eigenvalue weighted by atomic mass is 16.5. The molecule has 0 saturated carbocycles. The average Bonchev–Trinajstić information content (AvgIpc) is 2.41. The van der Waals surface area contributed by atoms with E-state index < -0.39 is 5.97 Å². The third-order valence-electron chi connectivity index (χ3n) is 2.63. The number of aromatic carboxylic acids is 1. The van der Waals surface area contributed by atoms with Gasteiger partial charge in [0.05, 0.1) is 11.1 Å². The van der Waals surface area contributed by atoms with Crippen LogP contribution >= 0.6 is 0 Å². The van der Waals surface area contributed by atoms with Crippen molar-refractivity contribution < 1.29 is 14.6 Å². The highest BCUT2D eigenvalue weighted by Crippen LogP contribution is 2.28. The topological polar surface area (TPSA) is 70.3 Å². The summed E-state index contributed by atoms with van der Waals surface area (Å²) >= 11 is 0. The van der Waals surface area contributed by atoms with E-state index in [-0.39, 0.29) is 5.56 Å². The molecule has 0 amide bonds. The molecule has 2 rings (SSSR count). The third kappa shape index (κ3) is 2.72. The van der Waals surface area contributed by atoms with Gasteiger partial charge in [-0.05, 0) is 36.8 Å². The lowest BCUT2D eigenvalue weighted by atomic mass is 10.1. The number of rotatable bonds is 3. The smallest absolute Gasteiger partial charge is 0.335 e. The summed E-state index contributed by atoms with van der Waals surface area (Å²) in [6, 6.07) is 13.5. The van der Waals surface area contributed by atoms with Crippen molar-refractivity contribution in [3.05, 3.63) is 59.2 Å². The second-order valence-corrected chi connectivity index (χ2v) is 4.00. The predicted molar refractivity (Wildman–Crippen MR) is 69.4 cm³/mol. The normalized spacial score (nSPS) is 9.68.